The fraction of sp³-hybridized carbons (Fsp3) is 0.889. The standard InChI is InChI=1S/C18H34N4O2S.ClH/c1-3-20-9-11-21(12-10-20)17(23)14-15-4-7-22(8-5-15)18(24)16(19)6-13-25-2;/h15-16H,3-14,19H2,1-2H3;1H/t16-;/m0./s1. The van der Waals surface area contributed by atoms with E-state index in [1.165, 1.54) is 0 Å². The van der Waals surface area contributed by atoms with E-state index in [9.17, 15) is 9.59 Å². The van der Waals surface area contributed by atoms with Crippen LogP contribution in [0.15, 0.2) is 0 Å². The van der Waals surface area contributed by atoms with E-state index >= 15 is 0 Å². The molecule has 0 radical (unpaired) electrons. The van der Waals surface area contributed by atoms with Crippen LogP contribution in [0.25, 0.3) is 0 Å². The molecule has 2 fully saturated rings. The van der Waals surface area contributed by atoms with Gasteiger partial charge in [-0.3, -0.25) is 9.59 Å². The number of hydrogen-bond acceptors (Lipinski definition) is 5. The van der Waals surface area contributed by atoms with Crippen molar-refractivity contribution in [3.63, 3.8) is 0 Å². The Balaban J connectivity index is 0.00000338. The second kappa shape index (κ2) is 12.1. The van der Waals surface area contributed by atoms with Gasteiger partial charge in [0.2, 0.25) is 11.8 Å². The third kappa shape index (κ3) is 6.91. The van der Waals surface area contributed by atoms with E-state index in [1.807, 2.05) is 16.1 Å². The molecule has 2 aliphatic rings. The van der Waals surface area contributed by atoms with Crippen LogP contribution in [0.1, 0.15) is 32.6 Å². The van der Waals surface area contributed by atoms with E-state index in [4.69, 9.17) is 5.73 Å². The predicted octanol–water partition coefficient (Wildman–Crippen LogP) is 1.28. The van der Waals surface area contributed by atoms with Crippen molar-refractivity contribution in [3.05, 3.63) is 0 Å². The summed E-state index contributed by atoms with van der Waals surface area (Å²) in [7, 11) is 0. The number of likely N-dealkylation sites (tertiary alicyclic amines) is 1. The molecule has 2 saturated heterocycles. The summed E-state index contributed by atoms with van der Waals surface area (Å²) in [6.07, 6.45) is 5.24. The number of amides is 2. The Bertz CT molecular complexity index is 439. The molecule has 0 bridgehead atoms. The zero-order valence-corrected chi connectivity index (χ0v) is 17.8. The Morgan fingerprint density at radius 3 is 2.23 bits per heavy atom. The van der Waals surface area contributed by atoms with Gasteiger partial charge in [-0.25, -0.2) is 0 Å². The molecule has 2 aliphatic heterocycles. The van der Waals surface area contributed by atoms with Gasteiger partial charge in [0, 0.05) is 45.7 Å². The van der Waals surface area contributed by atoms with E-state index < -0.39 is 0 Å². The minimum atomic E-state index is -0.375. The van der Waals surface area contributed by atoms with Crippen molar-refractivity contribution < 1.29 is 9.59 Å². The summed E-state index contributed by atoms with van der Waals surface area (Å²) < 4.78 is 0. The molecule has 0 spiro atoms. The van der Waals surface area contributed by atoms with Crippen LogP contribution >= 0.6 is 24.2 Å². The Hall–Kier alpha value is -0.500. The Morgan fingerprint density at radius 2 is 1.69 bits per heavy atom. The second-order valence-corrected chi connectivity index (χ2v) is 8.16. The van der Waals surface area contributed by atoms with Gasteiger partial charge in [0.25, 0.3) is 0 Å². The van der Waals surface area contributed by atoms with Crippen molar-refractivity contribution in [2.75, 3.05) is 57.8 Å². The third-order valence-corrected chi connectivity index (χ3v) is 6.16. The van der Waals surface area contributed by atoms with Gasteiger partial charge in [0.05, 0.1) is 6.04 Å². The van der Waals surface area contributed by atoms with Crippen molar-refractivity contribution >= 4 is 36.0 Å². The lowest BCUT2D eigenvalue weighted by molar-refractivity contribution is -0.135. The number of halogens is 1. The van der Waals surface area contributed by atoms with E-state index in [0.29, 0.717) is 12.3 Å². The molecule has 0 aromatic carbocycles. The van der Waals surface area contributed by atoms with Gasteiger partial charge in [-0.2, -0.15) is 11.8 Å². The van der Waals surface area contributed by atoms with Gasteiger partial charge in [-0.05, 0) is 43.7 Å². The maximum Gasteiger partial charge on any atom is 0.239 e. The number of carbonyl (C=O) groups is 2. The summed E-state index contributed by atoms with van der Waals surface area (Å²) in [5.74, 6) is 1.69. The van der Waals surface area contributed by atoms with Crippen LogP contribution in [-0.4, -0.2) is 90.4 Å². The smallest absolute Gasteiger partial charge is 0.239 e. The minimum absolute atomic E-state index is 0. The van der Waals surface area contributed by atoms with Crippen LogP contribution in [0.3, 0.4) is 0 Å². The number of nitrogens with two attached hydrogens (primary N) is 1. The SMILES string of the molecule is CCN1CCN(C(=O)CC2CCN(C(=O)[C@@H](N)CCSC)CC2)CC1.Cl. The van der Waals surface area contributed by atoms with Gasteiger partial charge >= 0.3 is 0 Å². The fourth-order valence-corrected chi connectivity index (χ4v) is 4.14. The zero-order chi connectivity index (χ0) is 18.2. The number of nitrogens with zero attached hydrogens (tertiary/aromatic N) is 3. The molecule has 2 N–H and O–H groups in total. The average molecular weight is 407 g/mol. The van der Waals surface area contributed by atoms with Gasteiger partial charge in [0.15, 0.2) is 0 Å². The van der Waals surface area contributed by atoms with Crippen LogP contribution in [0.2, 0.25) is 0 Å². The summed E-state index contributed by atoms with van der Waals surface area (Å²) in [5, 5.41) is 0. The lowest BCUT2D eigenvalue weighted by Gasteiger charge is -2.36. The maximum atomic E-state index is 12.5. The molecule has 152 valence electrons. The first-order chi connectivity index (χ1) is 12.0. The van der Waals surface area contributed by atoms with E-state index in [2.05, 4.69) is 11.8 Å². The highest BCUT2D eigenvalue weighted by Crippen LogP contribution is 2.22. The molecule has 8 heteroatoms. The molecule has 2 heterocycles. The summed E-state index contributed by atoms with van der Waals surface area (Å²) in [6, 6.07) is -0.375. The molecule has 26 heavy (non-hydrogen) atoms. The molecular formula is C18H35ClN4O2S. The summed E-state index contributed by atoms with van der Waals surface area (Å²) in [6.45, 7) is 8.41. The van der Waals surface area contributed by atoms with E-state index in [0.717, 1.165) is 70.8 Å². The molecule has 0 aromatic rings. The van der Waals surface area contributed by atoms with E-state index in [1.54, 1.807) is 11.8 Å². The highest BCUT2D eigenvalue weighted by molar-refractivity contribution is 7.98. The van der Waals surface area contributed by atoms with Crippen molar-refractivity contribution in [1.29, 1.82) is 0 Å². The van der Waals surface area contributed by atoms with Crippen LogP contribution in [0.5, 0.6) is 0 Å². The molecule has 2 rings (SSSR count). The normalized spacial score (nSPS) is 20.6. The van der Waals surface area contributed by atoms with Gasteiger partial charge in [-0.15, -0.1) is 12.4 Å². The molecule has 6 nitrogen and oxygen atoms in total. The molecule has 0 aromatic heterocycles. The molecule has 0 saturated carbocycles. The van der Waals surface area contributed by atoms with Gasteiger partial charge < -0.3 is 20.4 Å². The highest BCUT2D eigenvalue weighted by Gasteiger charge is 2.29. The summed E-state index contributed by atoms with van der Waals surface area (Å²) >= 11 is 1.72. The van der Waals surface area contributed by atoms with Crippen LogP contribution in [0.4, 0.5) is 0 Å². The van der Waals surface area contributed by atoms with Crippen molar-refractivity contribution in [2.24, 2.45) is 11.7 Å². The van der Waals surface area contributed by atoms with Gasteiger partial charge in [0.1, 0.15) is 0 Å². The monoisotopic (exact) mass is 406 g/mol. The minimum Gasteiger partial charge on any atom is -0.341 e. The Kier molecular flexibility index (Phi) is 10.9. The summed E-state index contributed by atoms with van der Waals surface area (Å²) in [4.78, 5) is 31.2. The number of piperidine rings is 1. The number of carbonyl (C=O) groups excluding carboxylic acids is 2. The first-order valence-electron chi connectivity index (χ1n) is 9.58. The van der Waals surface area contributed by atoms with Crippen molar-refractivity contribution in [1.82, 2.24) is 14.7 Å². The second-order valence-electron chi connectivity index (χ2n) is 7.18. The van der Waals surface area contributed by atoms with Crippen LogP contribution < -0.4 is 5.73 Å². The van der Waals surface area contributed by atoms with Crippen molar-refractivity contribution in [3.8, 4) is 0 Å². The predicted molar refractivity (Wildman–Crippen MR) is 111 cm³/mol. The third-order valence-electron chi connectivity index (χ3n) is 5.51. The Labute approximate surface area is 168 Å². The topological polar surface area (TPSA) is 69.9 Å². The maximum absolute atomic E-state index is 12.5. The van der Waals surface area contributed by atoms with Crippen molar-refractivity contribution in [2.45, 2.75) is 38.6 Å². The summed E-state index contributed by atoms with van der Waals surface area (Å²) in [5.41, 5.74) is 6.00. The number of rotatable bonds is 7. The van der Waals surface area contributed by atoms with E-state index in [-0.39, 0.29) is 30.3 Å². The first-order valence-corrected chi connectivity index (χ1v) is 11.0. The average Bonchev–Trinajstić information content (AvgIpc) is 2.66. The lowest BCUT2D eigenvalue weighted by atomic mass is 9.92. The lowest BCUT2D eigenvalue weighted by Crippen LogP contribution is -2.50. The molecule has 1 atom stereocenters. The molecular weight excluding hydrogens is 372 g/mol. The van der Waals surface area contributed by atoms with Gasteiger partial charge in [-0.1, -0.05) is 6.92 Å². The van der Waals surface area contributed by atoms with Crippen LogP contribution in [-0.2, 0) is 9.59 Å². The molecule has 0 unspecified atom stereocenters. The van der Waals surface area contributed by atoms with Crippen LogP contribution in [0, 0.1) is 5.92 Å². The Morgan fingerprint density at radius 1 is 1.08 bits per heavy atom. The number of hydrogen-bond donors (Lipinski definition) is 1. The first kappa shape index (κ1) is 23.5. The number of likely N-dealkylation sites (N-methyl/N-ethyl adjacent to an activating group) is 1. The highest BCUT2D eigenvalue weighted by atomic mass is 35.5. The molecule has 2 amide bonds. The number of piperazine rings is 1. The number of thioether (sulfide) groups is 1. The zero-order valence-electron chi connectivity index (χ0n) is 16.2. The largest absolute Gasteiger partial charge is 0.341 e. The fourth-order valence-electron chi connectivity index (χ4n) is 3.65. The molecule has 0 aliphatic carbocycles. The quantitative estimate of drug-likeness (QED) is 0.689.